The van der Waals surface area contributed by atoms with Crippen LogP contribution in [-0.2, 0) is 4.74 Å². The predicted octanol–water partition coefficient (Wildman–Crippen LogP) is 4.50. The van der Waals surface area contributed by atoms with Crippen molar-refractivity contribution >= 4 is 17.7 Å². The van der Waals surface area contributed by atoms with Gasteiger partial charge in [0.1, 0.15) is 0 Å². The van der Waals surface area contributed by atoms with Gasteiger partial charge in [-0.05, 0) is 25.1 Å². The molecule has 5 heteroatoms. The second kappa shape index (κ2) is 12.3. The van der Waals surface area contributed by atoms with E-state index in [2.05, 4.69) is 42.6 Å². The largest absolute Gasteiger partial charge is 0.453 e. The second-order valence-corrected chi connectivity index (χ2v) is 5.36. The van der Waals surface area contributed by atoms with E-state index < -0.39 is 6.09 Å². The van der Waals surface area contributed by atoms with Gasteiger partial charge in [0.15, 0.2) is 0 Å². The Bertz CT molecular complexity index is 427. The van der Waals surface area contributed by atoms with Crippen LogP contribution in [0.4, 0.5) is 4.79 Å². The number of amides is 1. The number of benzene rings is 1. The summed E-state index contributed by atoms with van der Waals surface area (Å²) in [5.74, 6) is 0. The Kier molecular flexibility index (Phi) is 11.6. The topological polar surface area (TPSA) is 41.6 Å². The Hall–Kier alpha value is -1.26. The Morgan fingerprint density at radius 2 is 1.91 bits per heavy atom. The van der Waals surface area contributed by atoms with Crippen molar-refractivity contribution in [1.29, 1.82) is 0 Å². The number of alkyl carbamates (subject to hydrolysis) is 1. The Balaban J connectivity index is 0.00000135. The molecule has 0 radical (unpaired) electrons. The predicted molar refractivity (Wildman–Crippen MR) is 93.5 cm³/mol. The molecule has 0 saturated heterocycles. The molecule has 1 rings (SSSR count). The third-order valence-corrected chi connectivity index (χ3v) is 3.51. The average Bonchev–Trinajstić information content (AvgIpc) is 2.52. The molecule has 0 aromatic heterocycles. The monoisotopic (exact) mass is 328 g/mol. The lowest BCUT2D eigenvalue weighted by Crippen LogP contribution is -2.36. The summed E-state index contributed by atoms with van der Waals surface area (Å²) in [5.41, 5.74) is 1.10. The molecule has 1 atom stereocenters. The molecule has 1 N–H and O–H groups in total. The van der Waals surface area contributed by atoms with Gasteiger partial charge in [-0.3, -0.25) is 4.90 Å². The summed E-state index contributed by atoms with van der Waals surface area (Å²) in [6, 6.07) is 8.04. The van der Waals surface area contributed by atoms with Crippen molar-refractivity contribution in [3.63, 3.8) is 0 Å². The minimum atomic E-state index is -0.401. The standard InChI is InChI=1S/C14H21ClN2O2.C3H8/c1-4-17(10-9-16-14(18)19-3)11(2)12-7-5-6-8-13(12)15;1-3-2/h5-8,11H,4,9-10H2,1-3H3,(H,16,18);3H2,1-2H3. The van der Waals surface area contributed by atoms with Crippen LogP contribution < -0.4 is 5.32 Å². The molecular weight excluding hydrogens is 300 g/mol. The number of carbonyl (C=O) groups excluding carboxylic acids is 1. The number of nitrogens with zero attached hydrogens (tertiary/aromatic N) is 1. The lowest BCUT2D eigenvalue weighted by atomic mass is 10.1. The van der Waals surface area contributed by atoms with E-state index in [9.17, 15) is 4.79 Å². The second-order valence-electron chi connectivity index (χ2n) is 4.95. The first kappa shape index (κ1) is 20.7. The molecule has 0 aliphatic heterocycles. The van der Waals surface area contributed by atoms with Gasteiger partial charge >= 0.3 is 6.09 Å². The summed E-state index contributed by atoms with van der Waals surface area (Å²) >= 11 is 6.21. The summed E-state index contributed by atoms with van der Waals surface area (Å²) < 4.78 is 4.54. The highest BCUT2D eigenvalue weighted by atomic mass is 35.5. The first-order valence-electron chi connectivity index (χ1n) is 7.81. The van der Waals surface area contributed by atoms with Crippen LogP contribution in [0.3, 0.4) is 0 Å². The molecule has 1 aromatic rings. The average molecular weight is 329 g/mol. The highest BCUT2D eigenvalue weighted by Gasteiger charge is 2.16. The molecule has 126 valence electrons. The van der Waals surface area contributed by atoms with Gasteiger partial charge in [-0.25, -0.2) is 4.79 Å². The summed E-state index contributed by atoms with van der Waals surface area (Å²) in [6.07, 6.45) is 0.849. The smallest absolute Gasteiger partial charge is 0.406 e. The highest BCUT2D eigenvalue weighted by Crippen LogP contribution is 2.26. The van der Waals surface area contributed by atoms with Crippen LogP contribution in [-0.4, -0.2) is 37.7 Å². The van der Waals surface area contributed by atoms with E-state index in [4.69, 9.17) is 11.6 Å². The Labute approximate surface area is 139 Å². The fourth-order valence-electron chi connectivity index (χ4n) is 2.01. The first-order valence-corrected chi connectivity index (χ1v) is 8.19. The molecule has 1 unspecified atom stereocenters. The number of nitrogens with one attached hydrogen (secondary N) is 1. The number of carbonyl (C=O) groups is 1. The van der Waals surface area contributed by atoms with Gasteiger partial charge in [-0.2, -0.15) is 0 Å². The summed E-state index contributed by atoms with van der Waals surface area (Å²) in [5, 5.41) is 3.45. The van der Waals surface area contributed by atoms with E-state index in [0.29, 0.717) is 6.54 Å². The maximum Gasteiger partial charge on any atom is 0.406 e. The lowest BCUT2D eigenvalue weighted by Gasteiger charge is -2.28. The van der Waals surface area contributed by atoms with Gasteiger partial charge in [-0.15, -0.1) is 0 Å². The van der Waals surface area contributed by atoms with Gasteiger partial charge in [0.2, 0.25) is 0 Å². The fraction of sp³-hybridized carbons (Fsp3) is 0.588. The molecule has 0 fully saturated rings. The quantitative estimate of drug-likeness (QED) is 0.836. The van der Waals surface area contributed by atoms with Gasteiger partial charge < -0.3 is 10.1 Å². The number of methoxy groups -OCH3 is 1. The van der Waals surface area contributed by atoms with E-state index in [1.54, 1.807) is 0 Å². The minimum Gasteiger partial charge on any atom is -0.453 e. The van der Waals surface area contributed by atoms with Crippen molar-refractivity contribution in [1.82, 2.24) is 10.2 Å². The van der Waals surface area contributed by atoms with Gasteiger partial charge in [0, 0.05) is 24.2 Å². The number of rotatable bonds is 6. The zero-order valence-electron chi connectivity index (χ0n) is 14.4. The lowest BCUT2D eigenvalue weighted by molar-refractivity contribution is 0.165. The van der Waals surface area contributed by atoms with Crippen molar-refractivity contribution in [2.45, 2.75) is 40.2 Å². The van der Waals surface area contributed by atoms with Crippen molar-refractivity contribution < 1.29 is 9.53 Å². The molecule has 1 aromatic carbocycles. The van der Waals surface area contributed by atoms with Gasteiger partial charge in [0.25, 0.3) is 0 Å². The molecule has 0 spiro atoms. The molecule has 0 heterocycles. The van der Waals surface area contributed by atoms with Crippen molar-refractivity contribution in [3.8, 4) is 0 Å². The number of hydrogen-bond donors (Lipinski definition) is 1. The number of hydrogen-bond acceptors (Lipinski definition) is 3. The van der Waals surface area contributed by atoms with E-state index in [1.807, 2.05) is 24.3 Å². The van der Waals surface area contributed by atoms with Crippen LogP contribution in [0.5, 0.6) is 0 Å². The normalized spacial score (nSPS) is 11.4. The zero-order valence-corrected chi connectivity index (χ0v) is 15.1. The number of likely N-dealkylation sites (N-methyl/N-ethyl adjacent to an activating group) is 1. The van der Waals surface area contributed by atoms with Crippen LogP contribution in [0.2, 0.25) is 5.02 Å². The molecule has 0 saturated carbocycles. The molecule has 0 bridgehead atoms. The van der Waals surface area contributed by atoms with E-state index in [-0.39, 0.29) is 6.04 Å². The molecular formula is C17H29ClN2O2. The molecule has 0 aliphatic rings. The van der Waals surface area contributed by atoms with Crippen LogP contribution in [0, 0.1) is 0 Å². The van der Waals surface area contributed by atoms with E-state index in [0.717, 1.165) is 23.7 Å². The maximum absolute atomic E-state index is 11.0. The van der Waals surface area contributed by atoms with Crippen molar-refractivity contribution in [2.75, 3.05) is 26.7 Å². The number of halogens is 1. The van der Waals surface area contributed by atoms with Gasteiger partial charge in [0.05, 0.1) is 7.11 Å². The summed E-state index contributed by atoms with van der Waals surface area (Å²) in [4.78, 5) is 13.2. The number of ether oxygens (including phenoxy) is 1. The van der Waals surface area contributed by atoms with Crippen molar-refractivity contribution in [3.05, 3.63) is 34.9 Å². The molecule has 1 amide bonds. The Morgan fingerprint density at radius 1 is 1.32 bits per heavy atom. The summed E-state index contributed by atoms with van der Waals surface area (Å²) in [7, 11) is 1.36. The van der Waals surface area contributed by atoms with Crippen LogP contribution in [0.25, 0.3) is 0 Å². The zero-order chi connectivity index (χ0) is 17.0. The van der Waals surface area contributed by atoms with Crippen LogP contribution >= 0.6 is 11.6 Å². The SMILES string of the molecule is CCC.CCN(CCNC(=O)OC)C(C)c1ccccc1Cl. The molecule has 4 nitrogen and oxygen atoms in total. The van der Waals surface area contributed by atoms with Crippen LogP contribution in [0.15, 0.2) is 24.3 Å². The van der Waals surface area contributed by atoms with Crippen molar-refractivity contribution in [2.24, 2.45) is 0 Å². The van der Waals surface area contributed by atoms with E-state index in [1.165, 1.54) is 13.5 Å². The third kappa shape index (κ3) is 7.66. The van der Waals surface area contributed by atoms with E-state index >= 15 is 0 Å². The minimum absolute atomic E-state index is 0.207. The fourth-order valence-corrected chi connectivity index (χ4v) is 2.30. The maximum atomic E-state index is 11.0. The van der Waals surface area contributed by atoms with Gasteiger partial charge in [-0.1, -0.05) is 57.0 Å². The molecule has 22 heavy (non-hydrogen) atoms. The third-order valence-electron chi connectivity index (χ3n) is 3.16. The molecule has 0 aliphatic carbocycles. The first-order chi connectivity index (χ1) is 10.5. The highest BCUT2D eigenvalue weighted by molar-refractivity contribution is 6.31. The Morgan fingerprint density at radius 3 is 2.41 bits per heavy atom. The van der Waals surface area contributed by atoms with Crippen LogP contribution in [0.1, 0.15) is 45.7 Å². The summed E-state index contributed by atoms with van der Waals surface area (Å²) in [6.45, 7) is 10.6.